The molecule has 0 radical (unpaired) electrons. The summed E-state index contributed by atoms with van der Waals surface area (Å²) in [4.78, 5) is 11.4. The highest BCUT2D eigenvalue weighted by atomic mass is 19.1. The summed E-state index contributed by atoms with van der Waals surface area (Å²) < 4.78 is 26.4. The molecule has 0 spiro atoms. The maximum absolute atomic E-state index is 13.2. The first-order valence-electron chi connectivity index (χ1n) is 5.49. The molecule has 0 bridgehead atoms. The van der Waals surface area contributed by atoms with Gasteiger partial charge in [-0.3, -0.25) is 4.79 Å². The van der Waals surface area contributed by atoms with Crippen LogP contribution in [-0.4, -0.2) is 26.0 Å². The monoisotopic (exact) mass is 242 g/mol. The number of hydrogen-bond acceptors (Lipinski definition) is 2. The van der Waals surface area contributed by atoms with E-state index in [1.165, 1.54) is 6.07 Å². The van der Waals surface area contributed by atoms with Crippen molar-refractivity contribution in [2.45, 2.75) is 12.8 Å². The van der Waals surface area contributed by atoms with Crippen LogP contribution < -0.4 is 10.6 Å². The Labute approximate surface area is 99.2 Å². The number of carbonyl (C=O) groups is 1. The number of benzene rings is 1. The van der Waals surface area contributed by atoms with Crippen LogP contribution in [0.25, 0.3) is 0 Å². The van der Waals surface area contributed by atoms with Crippen LogP contribution in [-0.2, 0) is 11.2 Å². The Bertz CT molecular complexity index is 363. The molecule has 2 N–H and O–H groups in total. The fourth-order valence-electron chi connectivity index (χ4n) is 1.42. The normalized spacial score (nSPS) is 10.3. The number of halogens is 2. The smallest absolute Gasteiger partial charge is 0.224 e. The third-order valence-electron chi connectivity index (χ3n) is 2.32. The molecule has 1 amide bonds. The Balaban J connectivity index is 2.45. The zero-order chi connectivity index (χ0) is 12.7. The fourth-order valence-corrected chi connectivity index (χ4v) is 1.42. The Morgan fingerprint density at radius 2 is 1.88 bits per heavy atom. The standard InChI is InChI=1S/C12H16F2N2O/c1-15-6-3-7-16-12(17)8-9-10(13)4-2-5-11(9)14/h2,4-5,15H,3,6-8H2,1H3,(H,16,17). The van der Waals surface area contributed by atoms with Gasteiger partial charge in [0.15, 0.2) is 0 Å². The minimum absolute atomic E-state index is 0.182. The molecule has 0 saturated heterocycles. The summed E-state index contributed by atoms with van der Waals surface area (Å²) in [5.74, 6) is -1.74. The molecule has 0 aliphatic carbocycles. The molecule has 5 heteroatoms. The van der Waals surface area contributed by atoms with Gasteiger partial charge in [-0.25, -0.2) is 8.78 Å². The van der Waals surface area contributed by atoms with E-state index in [1.54, 1.807) is 0 Å². The molecule has 1 rings (SSSR count). The average Bonchev–Trinajstić information content (AvgIpc) is 2.30. The van der Waals surface area contributed by atoms with E-state index < -0.39 is 11.6 Å². The lowest BCUT2D eigenvalue weighted by Gasteiger charge is -2.06. The summed E-state index contributed by atoms with van der Waals surface area (Å²) in [6.07, 6.45) is 0.514. The average molecular weight is 242 g/mol. The quantitative estimate of drug-likeness (QED) is 0.737. The third kappa shape index (κ3) is 4.48. The first-order chi connectivity index (χ1) is 8.15. The third-order valence-corrected chi connectivity index (χ3v) is 2.32. The van der Waals surface area contributed by atoms with Crippen molar-refractivity contribution >= 4 is 5.91 Å². The lowest BCUT2D eigenvalue weighted by molar-refractivity contribution is -0.120. The molecule has 1 aromatic carbocycles. The SMILES string of the molecule is CNCCCNC(=O)Cc1c(F)cccc1F. The van der Waals surface area contributed by atoms with Crippen LogP contribution in [0.5, 0.6) is 0 Å². The second-order valence-corrected chi connectivity index (χ2v) is 3.68. The topological polar surface area (TPSA) is 41.1 Å². The van der Waals surface area contributed by atoms with Crippen LogP contribution in [0.2, 0.25) is 0 Å². The van der Waals surface area contributed by atoms with Crippen LogP contribution >= 0.6 is 0 Å². The van der Waals surface area contributed by atoms with Gasteiger partial charge in [-0.15, -0.1) is 0 Å². The molecule has 0 unspecified atom stereocenters. The summed E-state index contributed by atoms with van der Waals surface area (Å²) in [6, 6.07) is 3.57. The fraction of sp³-hybridized carbons (Fsp3) is 0.417. The molecule has 17 heavy (non-hydrogen) atoms. The molecule has 0 aromatic heterocycles. The van der Waals surface area contributed by atoms with Gasteiger partial charge in [-0.2, -0.15) is 0 Å². The molecule has 0 heterocycles. The van der Waals surface area contributed by atoms with E-state index >= 15 is 0 Å². The first-order valence-corrected chi connectivity index (χ1v) is 5.49. The zero-order valence-corrected chi connectivity index (χ0v) is 9.72. The molecule has 94 valence electrons. The summed E-state index contributed by atoms with van der Waals surface area (Å²) in [5, 5.41) is 5.55. The van der Waals surface area contributed by atoms with Crippen LogP contribution in [0.3, 0.4) is 0 Å². The lowest BCUT2D eigenvalue weighted by Crippen LogP contribution is -2.28. The summed E-state index contributed by atoms with van der Waals surface area (Å²) in [5.41, 5.74) is -0.182. The van der Waals surface area contributed by atoms with Crippen molar-refractivity contribution in [3.8, 4) is 0 Å². The van der Waals surface area contributed by atoms with Gasteiger partial charge in [0.05, 0.1) is 6.42 Å². The zero-order valence-electron chi connectivity index (χ0n) is 9.72. The predicted octanol–water partition coefficient (Wildman–Crippen LogP) is 1.23. The van der Waals surface area contributed by atoms with Crippen LogP contribution in [0.4, 0.5) is 8.78 Å². The maximum Gasteiger partial charge on any atom is 0.224 e. The number of carbonyl (C=O) groups excluding carboxylic acids is 1. The number of hydrogen-bond donors (Lipinski definition) is 2. The van der Waals surface area contributed by atoms with Crippen molar-refractivity contribution in [3.05, 3.63) is 35.4 Å². The Kier molecular flexibility index (Phi) is 5.56. The van der Waals surface area contributed by atoms with Crippen LogP contribution in [0.1, 0.15) is 12.0 Å². The van der Waals surface area contributed by atoms with Crippen molar-refractivity contribution < 1.29 is 13.6 Å². The largest absolute Gasteiger partial charge is 0.356 e. The summed E-state index contributed by atoms with van der Waals surface area (Å²) >= 11 is 0. The van der Waals surface area contributed by atoms with Gasteiger partial charge in [-0.1, -0.05) is 6.07 Å². The Hall–Kier alpha value is -1.49. The van der Waals surface area contributed by atoms with Crippen molar-refractivity contribution in [1.29, 1.82) is 0 Å². The number of nitrogens with one attached hydrogen (secondary N) is 2. The molecular weight excluding hydrogens is 226 g/mol. The molecule has 1 aromatic rings. The van der Waals surface area contributed by atoms with Crippen molar-refractivity contribution in [2.75, 3.05) is 20.1 Å². The summed E-state index contributed by atoms with van der Waals surface area (Å²) in [6.45, 7) is 1.28. The highest BCUT2D eigenvalue weighted by Gasteiger charge is 2.12. The molecule has 0 fully saturated rings. The minimum atomic E-state index is -0.685. The van der Waals surface area contributed by atoms with Crippen molar-refractivity contribution in [3.63, 3.8) is 0 Å². The summed E-state index contributed by atoms with van der Waals surface area (Å²) in [7, 11) is 1.82. The molecule has 0 atom stereocenters. The highest BCUT2D eigenvalue weighted by molar-refractivity contribution is 5.78. The first kappa shape index (κ1) is 13.6. The number of rotatable bonds is 6. The second kappa shape index (κ2) is 6.96. The Morgan fingerprint density at radius 1 is 1.24 bits per heavy atom. The van der Waals surface area contributed by atoms with Gasteiger partial charge in [-0.05, 0) is 32.1 Å². The van der Waals surface area contributed by atoms with Gasteiger partial charge in [0.2, 0.25) is 5.91 Å². The molecule has 0 aliphatic rings. The van der Waals surface area contributed by atoms with E-state index in [1.807, 2.05) is 7.05 Å². The highest BCUT2D eigenvalue weighted by Crippen LogP contribution is 2.12. The van der Waals surface area contributed by atoms with E-state index in [0.29, 0.717) is 6.54 Å². The lowest BCUT2D eigenvalue weighted by atomic mass is 10.1. The van der Waals surface area contributed by atoms with E-state index in [0.717, 1.165) is 25.1 Å². The van der Waals surface area contributed by atoms with Crippen LogP contribution in [0.15, 0.2) is 18.2 Å². The molecular formula is C12H16F2N2O. The number of amides is 1. The van der Waals surface area contributed by atoms with Gasteiger partial charge in [0.25, 0.3) is 0 Å². The van der Waals surface area contributed by atoms with Gasteiger partial charge in [0, 0.05) is 12.1 Å². The van der Waals surface area contributed by atoms with Gasteiger partial charge < -0.3 is 10.6 Å². The van der Waals surface area contributed by atoms with E-state index in [-0.39, 0.29) is 17.9 Å². The van der Waals surface area contributed by atoms with E-state index in [2.05, 4.69) is 10.6 Å². The van der Waals surface area contributed by atoms with Crippen LogP contribution in [0, 0.1) is 11.6 Å². The van der Waals surface area contributed by atoms with Gasteiger partial charge in [0.1, 0.15) is 11.6 Å². The van der Waals surface area contributed by atoms with Crippen molar-refractivity contribution in [2.24, 2.45) is 0 Å². The van der Waals surface area contributed by atoms with Gasteiger partial charge >= 0.3 is 0 Å². The minimum Gasteiger partial charge on any atom is -0.356 e. The molecule has 0 aliphatic heterocycles. The Morgan fingerprint density at radius 3 is 2.47 bits per heavy atom. The van der Waals surface area contributed by atoms with E-state index in [9.17, 15) is 13.6 Å². The second-order valence-electron chi connectivity index (χ2n) is 3.68. The maximum atomic E-state index is 13.2. The molecule has 0 saturated carbocycles. The van der Waals surface area contributed by atoms with E-state index in [4.69, 9.17) is 0 Å². The van der Waals surface area contributed by atoms with Crippen molar-refractivity contribution in [1.82, 2.24) is 10.6 Å². The predicted molar refractivity (Wildman–Crippen MR) is 61.6 cm³/mol. The molecule has 3 nitrogen and oxygen atoms in total.